The Labute approximate surface area is 176 Å². The summed E-state index contributed by atoms with van der Waals surface area (Å²) in [6.07, 6.45) is 0. The standard InChI is InChI=1S/C22H27ClN4O2/c1-16-6-5-8-19(17(16)2)25-21(28)14-24-22(29)15-26-10-12-27(13-11-26)20-9-4-3-7-18(20)23/h3-9H,10-15H2,1-2H3,(H,24,29)(H,25,28)/p+1. The van der Waals surface area contributed by atoms with Gasteiger partial charge in [-0.1, -0.05) is 35.9 Å². The molecule has 1 saturated heterocycles. The number of carbonyl (C=O) groups is 2. The Bertz CT molecular complexity index is 879. The summed E-state index contributed by atoms with van der Waals surface area (Å²) in [6, 6.07) is 13.6. The first-order valence-electron chi connectivity index (χ1n) is 9.90. The Morgan fingerprint density at radius 1 is 1.03 bits per heavy atom. The third kappa shape index (κ3) is 5.71. The summed E-state index contributed by atoms with van der Waals surface area (Å²) in [5, 5.41) is 6.34. The molecule has 2 aromatic carbocycles. The van der Waals surface area contributed by atoms with Crippen LogP contribution in [0.25, 0.3) is 0 Å². The predicted molar refractivity (Wildman–Crippen MR) is 117 cm³/mol. The third-order valence-electron chi connectivity index (χ3n) is 5.40. The predicted octanol–water partition coefficient (Wildman–Crippen LogP) is 1.42. The van der Waals surface area contributed by atoms with Gasteiger partial charge in [-0.05, 0) is 43.2 Å². The number of hydrogen-bond acceptors (Lipinski definition) is 3. The Hall–Kier alpha value is -2.57. The van der Waals surface area contributed by atoms with E-state index in [1.807, 2.05) is 56.3 Å². The number of aryl methyl sites for hydroxylation is 1. The van der Waals surface area contributed by atoms with Gasteiger partial charge in [0.15, 0.2) is 6.54 Å². The summed E-state index contributed by atoms with van der Waals surface area (Å²) >= 11 is 6.28. The van der Waals surface area contributed by atoms with Gasteiger partial charge in [-0.3, -0.25) is 9.59 Å². The number of nitrogens with zero attached hydrogens (tertiary/aromatic N) is 1. The van der Waals surface area contributed by atoms with Gasteiger partial charge in [-0.2, -0.15) is 0 Å². The number of hydrogen-bond donors (Lipinski definition) is 3. The Kier molecular flexibility index (Phi) is 7.12. The maximum Gasteiger partial charge on any atom is 0.275 e. The van der Waals surface area contributed by atoms with E-state index in [4.69, 9.17) is 11.6 Å². The summed E-state index contributed by atoms with van der Waals surface area (Å²) in [5.74, 6) is -0.326. The molecule has 0 spiro atoms. The Morgan fingerprint density at radius 2 is 1.76 bits per heavy atom. The molecule has 3 N–H and O–H groups in total. The number of quaternary nitrogens is 1. The van der Waals surface area contributed by atoms with Crippen LogP contribution in [0.3, 0.4) is 0 Å². The molecule has 0 radical (unpaired) electrons. The third-order valence-corrected chi connectivity index (χ3v) is 5.72. The molecule has 1 heterocycles. The number of anilines is 2. The number of rotatable bonds is 6. The first-order valence-corrected chi connectivity index (χ1v) is 10.3. The van der Waals surface area contributed by atoms with E-state index in [1.165, 1.54) is 4.90 Å². The van der Waals surface area contributed by atoms with Gasteiger partial charge in [0.25, 0.3) is 5.91 Å². The second-order valence-electron chi connectivity index (χ2n) is 7.44. The molecule has 0 unspecified atom stereocenters. The summed E-state index contributed by atoms with van der Waals surface area (Å²) in [6.45, 7) is 7.72. The number of halogens is 1. The number of nitrogens with one attached hydrogen (secondary N) is 3. The van der Waals surface area contributed by atoms with Crippen LogP contribution in [0.1, 0.15) is 11.1 Å². The van der Waals surface area contributed by atoms with Gasteiger partial charge in [-0.25, -0.2) is 0 Å². The van der Waals surface area contributed by atoms with Gasteiger partial charge < -0.3 is 20.4 Å². The topological polar surface area (TPSA) is 65.9 Å². The Balaban J connectivity index is 1.41. The summed E-state index contributed by atoms with van der Waals surface area (Å²) in [5.41, 5.74) is 3.98. The van der Waals surface area contributed by atoms with Gasteiger partial charge in [-0.15, -0.1) is 0 Å². The van der Waals surface area contributed by atoms with E-state index in [0.29, 0.717) is 6.54 Å². The van der Waals surface area contributed by atoms with Crippen molar-refractivity contribution in [3.05, 3.63) is 58.6 Å². The van der Waals surface area contributed by atoms with Crippen molar-refractivity contribution >= 4 is 34.8 Å². The second-order valence-corrected chi connectivity index (χ2v) is 7.84. The van der Waals surface area contributed by atoms with E-state index in [-0.39, 0.29) is 18.4 Å². The van der Waals surface area contributed by atoms with E-state index in [9.17, 15) is 9.59 Å². The summed E-state index contributed by atoms with van der Waals surface area (Å²) < 4.78 is 0. The molecule has 7 heteroatoms. The second kappa shape index (κ2) is 9.76. The van der Waals surface area contributed by atoms with Crippen molar-refractivity contribution in [2.24, 2.45) is 0 Å². The van der Waals surface area contributed by atoms with Crippen LogP contribution in [0.4, 0.5) is 11.4 Å². The average molecular weight is 416 g/mol. The first-order chi connectivity index (χ1) is 13.9. The maximum absolute atomic E-state index is 12.2. The van der Waals surface area contributed by atoms with E-state index in [2.05, 4.69) is 15.5 Å². The van der Waals surface area contributed by atoms with Crippen molar-refractivity contribution < 1.29 is 14.5 Å². The summed E-state index contributed by atoms with van der Waals surface area (Å²) in [4.78, 5) is 27.9. The molecule has 1 aliphatic heterocycles. The smallest absolute Gasteiger partial charge is 0.275 e. The van der Waals surface area contributed by atoms with Crippen LogP contribution in [-0.2, 0) is 9.59 Å². The molecule has 0 aliphatic carbocycles. The largest absolute Gasteiger partial charge is 0.359 e. The zero-order valence-electron chi connectivity index (χ0n) is 16.9. The van der Waals surface area contributed by atoms with Gasteiger partial charge in [0.2, 0.25) is 5.91 Å². The highest BCUT2D eigenvalue weighted by atomic mass is 35.5. The normalized spacial score (nSPS) is 14.5. The fourth-order valence-electron chi connectivity index (χ4n) is 3.50. The molecule has 1 aliphatic rings. The number of carbonyl (C=O) groups excluding carboxylic acids is 2. The fourth-order valence-corrected chi connectivity index (χ4v) is 3.75. The van der Waals surface area contributed by atoms with Crippen molar-refractivity contribution in [1.82, 2.24) is 5.32 Å². The highest BCUT2D eigenvalue weighted by Gasteiger charge is 2.23. The van der Waals surface area contributed by atoms with Crippen molar-refractivity contribution in [3.8, 4) is 0 Å². The van der Waals surface area contributed by atoms with Gasteiger partial charge in [0.1, 0.15) is 0 Å². The molecule has 2 amide bonds. The molecule has 0 bridgehead atoms. The van der Waals surface area contributed by atoms with Crippen LogP contribution in [0, 0.1) is 13.8 Å². The average Bonchev–Trinajstić information content (AvgIpc) is 2.71. The van der Waals surface area contributed by atoms with Crippen LogP contribution in [0.2, 0.25) is 5.02 Å². The molecule has 0 aromatic heterocycles. The molecular formula is C22H28ClN4O2+. The van der Waals surface area contributed by atoms with Crippen LogP contribution in [0.5, 0.6) is 0 Å². The highest BCUT2D eigenvalue weighted by molar-refractivity contribution is 6.33. The molecule has 3 rings (SSSR count). The molecule has 154 valence electrons. The lowest BCUT2D eigenvalue weighted by molar-refractivity contribution is -0.892. The van der Waals surface area contributed by atoms with Crippen molar-refractivity contribution in [2.45, 2.75) is 13.8 Å². The van der Waals surface area contributed by atoms with Crippen LogP contribution >= 0.6 is 11.6 Å². The van der Waals surface area contributed by atoms with Gasteiger partial charge in [0.05, 0.1) is 43.4 Å². The number of piperazine rings is 1. The lowest BCUT2D eigenvalue weighted by atomic mass is 10.1. The zero-order chi connectivity index (χ0) is 20.8. The molecule has 29 heavy (non-hydrogen) atoms. The van der Waals surface area contributed by atoms with E-state index in [1.54, 1.807) is 0 Å². The lowest BCUT2D eigenvalue weighted by Crippen LogP contribution is -3.16. The van der Waals surface area contributed by atoms with E-state index < -0.39 is 0 Å². The summed E-state index contributed by atoms with van der Waals surface area (Å²) in [7, 11) is 0. The minimum absolute atomic E-state index is 0.0226. The number of benzene rings is 2. The monoisotopic (exact) mass is 415 g/mol. The van der Waals surface area contributed by atoms with Crippen molar-refractivity contribution in [1.29, 1.82) is 0 Å². The molecule has 0 atom stereocenters. The fraction of sp³-hybridized carbons (Fsp3) is 0.364. The number of para-hydroxylation sites is 1. The Morgan fingerprint density at radius 3 is 2.48 bits per heavy atom. The first kappa shape index (κ1) is 21.1. The molecule has 1 fully saturated rings. The van der Waals surface area contributed by atoms with Crippen LogP contribution in [0.15, 0.2) is 42.5 Å². The zero-order valence-corrected chi connectivity index (χ0v) is 17.7. The highest BCUT2D eigenvalue weighted by Crippen LogP contribution is 2.24. The number of amides is 2. The molecule has 0 saturated carbocycles. The molecule has 2 aromatic rings. The quantitative estimate of drug-likeness (QED) is 0.668. The molecular weight excluding hydrogens is 388 g/mol. The van der Waals surface area contributed by atoms with Crippen LogP contribution in [-0.4, -0.2) is 51.1 Å². The minimum Gasteiger partial charge on any atom is -0.359 e. The van der Waals surface area contributed by atoms with Crippen LogP contribution < -0.4 is 20.4 Å². The van der Waals surface area contributed by atoms with Crippen molar-refractivity contribution in [2.75, 3.05) is 49.5 Å². The van der Waals surface area contributed by atoms with Gasteiger partial charge >= 0.3 is 0 Å². The minimum atomic E-state index is -0.217. The SMILES string of the molecule is Cc1cccc(NC(=O)CNC(=O)C[NH+]2CCN(c3ccccc3Cl)CC2)c1C. The maximum atomic E-state index is 12.2. The van der Waals surface area contributed by atoms with E-state index in [0.717, 1.165) is 53.7 Å². The molecule has 6 nitrogen and oxygen atoms in total. The van der Waals surface area contributed by atoms with Crippen molar-refractivity contribution in [3.63, 3.8) is 0 Å². The lowest BCUT2D eigenvalue weighted by Gasteiger charge is -2.33. The van der Waals surface area contributed by atoms with Gasteiger partial charge in [0, 0.05) is 5.69 Å². The van der Waals surface area contributed by atoms with E-state index >= 15 is 0 Å².